The Morgan fingerprint density at radius 3 is 2.61 bits per heavy atom. The Balaban J connectivity index is 1.64. The summed E-state index contributed by atoms with van der Waals surface area (Å²) in [6, 6.07) is 3.10. The Labute approximate surface area is 176 Å². The van der Waals surface area contributed by atoms with Crippen LogP contribution in [-0.2, 0) is 11.3 Å². The van der Waals surface area contributed by atoms with Crippen LogP contribution in [0.25, 0.3) is 11.2 Å². The van der Waals surface area contributed by atoms with Crippen LogP contribution in [0.1, 0.15) is 11.8 Å². The normalized spacial score (nSPS) is 23.3. The van der Waals surface area contributed by atoms with Gasteiger partial charge in [-0.2, -0.15) is 0 Å². The lowest BCUT2D eigenvalue weighted by atomic mass is 10.1. The summed E-state index contributed by atoms with van der Waals surface area (Å²) in [5, 5.41) is 42.9. The number of hydrogen-bond donors (Lipinski definition) is 5. The number of ether oxygens (including phenoxy) is 3. The summed E-state index contributed by atoms with van der Waals surface area (Å²) in [6.45, 7) is -0.232. The number of methoxy groups -OCH3 is 2. The third-order valence-electron chi connectivity index (χ3n) is 5.20. The van der Waals surface area contributed by atoms with Crippen LogP contribution in [-0.4, -0.2) is 79.1 Å². The number of hydrogen-bond acceptors (Lipinski definition) is 11. The van der Waals surface area contributed by atoms with E-state index in [2.05, 4.69) is 20.3 Å². The van der Waals surface area contributed by atoms with Gasteiger partial charge in [0, 0.05) is 6.54 Å². The van der Waals surface area contributed by atoms with Crippen LogP contribution in [0.5, 0.6) is 17.2 Å². The van der Waals surface area contributed by atoms with Gasteiger partial charge in [0.15, 0.2) is 34.7 Å². The van der Waals surface area contributed by atoms with E-state index in [4.69, 9.17) is 14.2 Å². The van der Waals surface area contributed by atoms with Crippen molar-refractivity contribution in [3.8, 4) is 17.2 Å². The van der Waals surface area contributed by atoms with E-state index in [9.17, 15) is 20.4 Å². The largest absolute Gasteiger partial charge is 0.504 e. The number of phenols is 1. The predicted octanol–water partition coefficient (Wildman–Crippen LogP) is -0.227. The zero-order valence-electron chi connectivity index (χ0n) is 16.8. The molecule has 4 rings (SSSR count). The van der Waals surface area contributed by atoms with Crippen molar-refractivity contribution in [3.05, 3.63) is 30.4 Å². The van der Waals surface area contributed by atoms with Gasteiger partial charge in [-0.25, -0.2) is 15.0 Å². The molecule has 31 heavy (non-hydrogen) atoms. The average molecular weight is 433 g/mol. The topological polar surface area (TPSA) is 164 Å². The highest BCUT2D eigenvalue weighted by Crippen LogP contribution is 2.37. The fourth-order valence-electron chi connectivity index (χ4n) is 3.63. The van der Waals surface area contributed by atoms with E-state index in [1.807, 2.05) is 0 Å². The highest BCUT2D eigenvalue weighted by atomic mass is 16.6. The van der Waals surface area contributed by atoms with Crippen molar-refractivity contribution < 1.29 is 34.6 Å². The van der Waals surface area contributed by atoms with Crippen molar-refractivity contribution >= 4 is 17.0 Å². The molecule has 3 heterocycles. The summed E-state index contributed by atoms with van der Waals surface area (Å²) in [7, 11) is 2.96. The molecule has 3 aromatic rings. The van der Waals surface area contributed by atoms with E-state index in [-0.39, 0.29) is 18.0 Å². The number of aliphatic hydroxyl groups is 3. The number of aromatic nitrogens is 4. The number of nitrogens with zero attached hydrogens (tertiary/aromatic N) is 4. The molecule has 1 saturated heterocycles. The van der Waals surface area contributed by atoms with Gasteiger partial charge in [0.1, 0.15) is 30.4 Å². The van der Waals surface area contributed by atoms with Crippen LogP contribution in [0, 0.1) is 0 Å². The maximum Gasteiger partial charge on any atom is 0.169 e. The number of fused-ring (bicyclic) bond motifs is 1. The van der Waals surface area contributed by atoms with Crippen molar-refractivity contribution in [1.29, 1.82) is 0 Å². The van der Waals surface area contributed by atoms with E-state index >= 15 is 0 Å². The van der Waals surface area contributed by atoms with Gasteiger partial charge in [-0.05, 0) is 12.1 Å². The van der Waals surface area contributed by atoms with Crippen LogP contribution in [0.3, 0.4) is 0 Å². The molecule has 2 aromatic heterocycles. The van der Waals surface area contributed by atoms with E-state index in [0.29, 0.717) is 28.3 Å². The second-order valence-corrected chi connectivity index (χ2v) is 6.93. The van der Waals surface area contributed by atoms with E-state index in [1.165, 1.54) is 37.5 Å². The second kappa shape index (κ2) is 8.51. The Morgan fingerprint density at radius 2 is 1.94 bits per heavy atom. The lowest BCUT2D eigenvalue weighted by Gasteiger charge is -2.17. The van der Waals surface area contributed by atoms with Gasteiger partial charge in [0.05, 0.1) is 32.7 Å². The number of benzene rings is 1. The van der Waals surface area contributed by atoms with Crippen molar-refractivity contribution in [2.45, 2.75) is 31.1 Å². The minimum Gasteiger partial charge on any atom is -0.504 e. The van der Waals surface area contributed by atoms with Crippen molar-refractivity contribution in [1.82, 2.24) is 19.5 Å². The van der Waals surface area contributed by atoms with E-state index in [1.54, 1.807) is 6.07 Å². The van der Waals surface area contributed by atoms with Crippen molar-refractivity contribution in [2.75, 3.05) is 26.1 Å². The minimum atomic E-state index is -1.26. The molecule has 166 valence electrons. The number of aliphatic hydroxyl groups excluding tert-OH is 3. The molecule has 12 nitrogen and oxygen atoms in total. The molecule has 0 radical (unpaired) electrons. The van der Waals surface area contributed by atoms with Gasteiger partial charge < -0.3 is 40.0 Å². The van der Waals surface area contributed by atoms with Gasteiger partial charge in [0.25, 0.3) is 0 Å². The van der Waals surface area contributed by atoms with Crippen LogP contribution in [0.2, 0.25) is 0 Å². The molecule has 0 unspecified atom stereocenters. The van der Waals surface area contributed by atoms with Gasteiger partial charge in [-0.15, -0.1) is 0 Å². The smallest absolute Gasteiger partial charge is 0.169 e. The molecule has 0 aliphatic carbocycles. The number of rotatable bonds is 7. The van der Waals surface area contributed by atoms with Crippen LogP contribution in [0.15, 0.2) is 24.8 Å². The third kappa shape index (κ3) is 3.59. The zero-order chi connectivity index (χ0) is 22.1. The number of nitrogens with one attached hydrogen (secondary N) is 1. The number of anilines is 1. The molecule has 0 saturated carbocycles. The second-order valence-electron chi connectivity index (χ2n) is 6.93. The molecular weight excluding hydrogens is 410 g/mol. The van der Waals surface area contributed by atoms with Crippen LogP contribution < -0.4 is 14.8 Å². The summed E-state index contributed by atoms with van der Waals surface area (Å²) < 4.78 is 17.7. The molecule has 0 bridgehead atoms. The molecule has 12 heteroatoms. The summed E-state index contributed by atoms with van der Waals surface area (Å²) in [4.78, 5) is 12.8. The molecule has 4 atom stereocenters. The molecule has 1 aromatic carbocycles. The maximum absolute atomic E-state index is 10.3. The Kier molecular flexibility index (Phi) is 5.78. The first kappa shape index (κ1) is 21.1. The van der Waals surface area contributed by atoms with Gasteiger partial charge in [-0.3, -0.25) is 4.57 Å². The Hall–Kier alpha value is -3.19. The first-order valence-corrected chi connectivity index (χ1v) is 9.46. The van der Waals surface area contributed by atoms with Crippen LogP contribution in [0.4, 0.5) is 5.82 Å². The number of imidazole rings is 1. The summed E-state index contributed by atoms with van der Waals surface area (Å²) in [5.41, 5.74) is 1.35. The van der Waals surface area contributed by atoms with Gasteiger partial charge in [-0.1, -0.05) is 0 Å². The molecule has 1 aliphatic rings. The zero-order valence-corrected chi connectivity index (χ0v) is 16.8. The fraction of sp³-hybridized carbons (Fsp3) is 0.421. The monoisotopic (exact) mass is 433 g/mol. The van der Waals surface area contributed by atoms with Crippen LogP contribution >= 0.6 is 0 Å². The summed E-state index contributed by atoms with van der Waals surface area (Å²) >= 11 is 0. The average Bonchev–Trinajstić information content (AvgIpc) is 3.33. The molecule has 0 spiro atoms. The van der Waals surface area contributed by atoms with E-state index < -0.39 is 31.1 Å². The Morgan fingerprint density at radius 1 is 1.13 bits per heavy atom. The quantitative estimate of drug-likeness (QED) is 0.334. The number of aromatic hydroxyl groups is 1. The molecule has 1 fully saturated rings. The highest BCUT2D eigenvalue weighted by molar-refractivity contribution is 5.82. The molecular formula is C19H23N5O7. The van der Waals surface area contributed by atoms with Crippen molar-refractivity contribution in [3.63, 3.8) is 0 Å². The minimum absolute atomic E-state index is 0.0263. The highest BCUT2D eigenvalue weighted by Gasteiger charge is 2.44. The molecule has 0 amide bonds. The summed E-state index contributed by atoms with van der Waals surface area (Å²) in [5.74, 6) is 1.16. The first-order valence-electron chi connectivity index (χ1n) is 9.46. The third-order valence-corrected chi connectivity index (χ3v) is 5.20. The lowest BCUT2D eigenvalue weighted by Crippen LogP contribution is -2.33. The maximum atomic E-state index is 10.3. The van der Waals surface area contributed by atoms with Crippen molar-refractivity contribution in [2.24, 2.45) is 0 Å². The molecule has 5 N–H and O–H groups in total. The SMILES string of the molecule is COc1ccc(O)c(OC)c1CNc1ncnc2c1ncn2[C@@H]1O[C@H](CO)[C@@H](O)[C@H]1O. The van der Waals surface area contributed by atoms with Gasteiger partial charge >= 0.3 is 0 Å². The van der Waals surface area contributed by atoms with Gasteiger partial charge in [0.2, 0.25) is 0 Å². The fourth-order valence-corrected chi connectivity index (χ4v) is 3.63. The first-order chi connectivity index (χ1) is 15.0. The molecule has 1 aliphatic heterocycles. The predicted molar refractivity (Wildman–Crippen MR) is 107 cm³/mol. The number of phenolic OH excluding ortho intramolecular Hbond substituents is 1. The summed E-state index contributed by atoms with van der Waals surface area (Å²) in [6.07, 6.45) is -1.64. The van der Waals surface area contributed by atoms with E-state index in [0.717, 1.165) is 0 Å². The standard InChI is InChI=1S/C19H23N5O7/c1-29-11-4-3-10(26)16(30-2)9(11)5-20-17-13-18(22-7-21-17)24(8-23-13)19-15(28)14(27)12(6-25)31-19/h3-4,7-8,12,14-15,19,25-28H,5-6H2,1-2H3,(H,20,21,22)/t12-,14-,15-,19-/m1/s1. The lowest BCUT2D eigenvalue weighted by molar-refractivity contribution is -0.0511. The Bertz CT molecular complexity index is 1080.